The van der Waals surface area contributed by atoms with Crippen molar-refractivity contribution in [3.05, 3.63) is 76.8 Å². The van der Waals surface area contributed by atoms with Crippen LogP contribution in [0, 0.1) is 35.5 Å². The van der Waals surface area contributed by atoms with Gasteiger partial charge in [0.25, 0.3) is 0 Å². The number of carbonyl (C=O) groups excluding carboxylic acids is 3. The number of hydrogen-bond acceptors (Lipinski definition) is 3. The van der Waals surface area contributed by atoms with E-state index in [0.717, 1.165) is 6.42 Å². The average Bonchev–Trinajstić information content (AvgIpc) is 3.52. The highest BCUT2D eigenvalue weighted by molar-refractivity contribution is 6.32. The number of ketones is 1. The Labute approximate surface area is 173 Å². The van der Waals surface area contributed by atoms with E-state index >= 15 is 0 Å². The SMILES string of the molecule is O=C(c1ccccc1)c1cc(Cl)ccc1N1C(=O)[C@@H]2[C@@H]3C=C[C@H]([C@H]4C[C@H]34)[C@@H]2C1=O. The van der Waals surface area contributed by atoms with E-state index in [2.05, 4.69) is 12.2 Å². The monoisotopic (exact) mass is 403 g/mol. The first kappa shape index (κ1) is 17.2. The number of anilines is 1. The molecule has 0 unspecified atom stereocenters. The largest absolute Gasteiger partial charge is 0.289 e. The maximum atomic E-state index is 13.4. The molecule has 1 heterocycles. The fraction of sp³-hybridized carbons (Fsp3) is 0.292. The first-order chi connectivity index (χ1) is 14.1. The van der Waals surface area contributed by atoms with Crippen molar-refractivity contribution in [3.8, 4) is 0 Å². The van der Waals surface area contributed by atoms with Crippen molar-refractivity contribution in [2.24, 2.45) is 35.5 Å². The third kappa shape index (κ3) is 2.29. The topological polar surface area (TPSA) is 54.5 Å². The van der Waals surface area contributed by atoms with Gasteiger partial charge in [-0.25, -0.2) is 4.90 Å². The molecule has 1 aliphatic heterocycles. The van der Waals surface area contributed by atoms with E-state index in [1.807, 2.05) is 6.07 Å². The summed E-state index contributed by atoms with van der Waals surface area (Å²) in [5, 5.41) is 0.396. The van der Waals surface area contributed by atoms with Gasteiger partial charge < -0.3 is 0 Å². The molecule has 2 saturated carbocycles. The van der Waals surface area contributed by atoms with Crippen LogP contribution in [-0.4, -0.2) is 17.6 Å². The first-order valence-corrected chi connectivity index (χ1v) is 10.4. The number of allylic oxidation sites excluding steroid dienone is 2. The minimum Gasteiger partial charge on any atom is -0.289 e. The van der Waals surface area contributed by atoms with Crippen LogP contribution in [0.2, 0.25) is 5.02 Å². The summed E-state index contributed by atoms with van der Waals surface area (Å²) < 4.78 is 0. The van der Waals surface area contributed by atoms with Crippen molar-refractivity contribution in [1.82, 2.24) is 0 Å². The van der Waals surface area contributed by atoms with Crippen LogP contribution in [0.3, 0.4) is 0 Å². The summed E-state index contributed by atoms with van der Waals surface area (Å²) in [7, 11) is 0. The summed E-state index contributed by atoms with van der Waals surface area (Å²) in [6.45, 7) is 0. The summed E-state index contributed by atoms with van der Waals surface area (Å²) in [4.78, 5) is 41.3. The van der Waals surface area contributed by atoms with Crippen LogP contribution >= 0.6 is 11.6 Å². The fourth-order valence-electron chi connectivity index (χ4n) is 5.82. The summed E-state index contributed by atoms with van der Waals surface area (Å²) in [6, 6.07) is 13.7. The molecule has 144 valence electrons. The van der Waals surface area contributed by atoms with Crippen LogP contribution in [0.1, 0.15) is 22.3 Å². The van der Waals surface area contributed by atoms with Crippen LogP contribution < -0.4 is 4.90 Å². The van der Waals surface area contributed by atoms with Crippen molar-refractivity contribution >= 4 is 34.9 Å². The first-order valence-electron chi connectivity index (χ1n) is 10.0. The summed E-state index contributed by atoms with van der Waals surface area (Å²) >= 11 is 6.18. The Balaban J connectivity index is 1.45. The highest BCUT2D eigenvalue weighted by Gasteiger charge is 2.67. The fourth-order valence-corrected chi connectivity index (χ4v) is 6.00. The maximum absolute atomic E-state index is 13.4. The Morgan fingerprint density at radius 2 is 1.52 bits per heavy atom. The highest BCUT2D eigenvalue weighted by atomic mass is 35.5. The van der Waals surface area contributed by atoms with E-state index in [1.54, 1.807) is 42.5 Å². The lowest BCUT2D eigenvalue weighted by Crippen LogP contribution is -2.40. The van der Waals surface area contributed by atoms with E-state index in [9.17, 15) is 14.4 Å². The van der Waals surface area contributed by atoms with Crippen LogP contribution in [0.15, 0.2) is 60.7 Å². The number of carbonyl (C=O) groups is 3. The van der Waals surface area contributed by atoms with Gasteiger partial charge >= 0.3 is 0 Å². The molecule has 5 aliphatic rings. The summed E-state index contributed by atoms with van der Waals surface area (Å²) in [6.07, 6.45) is 5.41. The van der Waals surface area contributed by atoms with Crippen LogP contribution in [0.25, 0.3) is 0 Å². The molecule has 2 aromatic carbocycles. The number of nitrogens with zero attached hydrogens (tertiary/aromatic N) is 1. The van der Waals surface area contributed by atoms with Gasteiger partial charge in [0.15, 0.2) is 5.78 Å². The molecule has 0 aromatic heterocycles. The highest BCUT2D eigenvalue weighted by Crippen LogP contribution is 2.65. The summed E-state index contributed by atoms with van der Waals surface area (Å²) in [5.74, 6) is 0.199. The van der Waals surface area contributed by atoms with Gasteiger partial charge in [0.1, 0.15) is 0 Å². The molecule has 4 aliphatic carbocycles. The zero-order valence-electron chi connectivity index (χ0n) is 15.5. The quantitative estimate of drug-likeness (QED) is 0.440. The molecule has 2 aromatic rings. The number of hydrogen-bond donors (Lipinski definition) is 0. The Hall–Kier alpha value is -2.72. The zero-order chi connectivity index (χ0) is 19.9. The average molecular weight is 404 g/mol. The molecule has 0 N–H and O–H groups in total. The molecular weight excluding hydrogens is 386 g/mol. The molecule has 0 spiro atoms. The second-order valence-corrected chi connectivity index (χ2v) is 8.96. The number of rotatable bonds is 3. The second-order valence-electron chi connectivity index (χ2n) is 8.52. The molecule has 3 fully saturated rings. The Bertz CT molecular complexity index is 1070. The van der Waals surface area contributed by atoms with E-state index in [-0.39, 0.29) is 46.8 Å². The molecule has 2 amide bonds. The van der Waals surface area contributed by atoms with Crippen molar-refractivity contribution in [3.63, 3.8) is 0 Å². The third-order valence-electron chi connectivity index (χ3n) is 7.14. The lowest BCUT2D eigenvalue weighted by Gasteiger charge is -2.37. The van der Waals surface area contributed by atoms with Crippen LogP contribution in [-0.2, 0) is 9.59 Å². The van der Waals surface area contributed by atoms with Gasteiger partial charge in [-0.05, 0) is 48.3 Å². The van der Waals surface area contributed by atoms with Crippen molar-refractivity contribution in [1.29, 1.82) is 0 Å². The normalized spacial score (nSPS) is 33.6. The van der Waals surface area contributed by atoms with Crippen molar-refractivity contribution < 1.29 is 14.4 Å². The van der Waals surface area contributed by atoms with Crippen LogP contribution in [0.5, 0.6) is 0 Å². The lowest BCUT2D eigenvalue weighted by molar-refractivity contribution is -0.124. The van der Waals surface area contributed by atoms with Gasteiger partial charge in [0.05, 0.1) is 17.5 Å². The molecule has 29 heavy (non-hydrogen) atoms. The number of benzene rings is 2. The molecule has 7 rings (SSSR count). The molecule has 1 saturated heterocycles. The zero-order valence-corrected chi connectivity index (χ0v) is 16.3. The van der Waals surface area contributed by atoms with Crippen LogP contribution in [0.4, 0.5) is 5.69 Å². The Morgan fingerprint density at radius 3 is 2.14 bits per heavy atom. The second kappa shape index (κ2) is 5.90. The van der Waals surface area contributed by atoms with Gasteiger partial charge in [0, 0.05) is 16.1 Å². The lowest BCUT2D eigenvalue weighted by atomic mass is 9.63. The van der Waals surface area contributed by atoms with Gasteiger partial charge in [-0.2, -0.15) is 0 Å². The number of imide groups is 1. The minimum absolute atomic E-state index is 0.150. The summed E-state index contributed by atoms with van der Waals surface area (Å²) in [5.41, 5.74) is 1.13. The van der Waals surface area contributed by atoms with E-state index in [4.69, 9.17) is 11.6 Å². The molecule has 2 bridgehead atoms. The number of amides is 2. The van der Waals surface area contributed by atoms with E-state index in [1.165, 1.54) is 4.90 Å². The Morgan fingerprint density at radius 1 is 0.897 bits per heavy atom. The molecule has 6 atom stereocenters. The van der Waals surface area contributed by atoms with Gasteiger partial charge in [-0.3, -0.25) is 14.4 Å². The minimum atomic E-state index is -0.295. The van der Waals surface area contributed by atoms with E-state index in [0.29, 0.717) is 28.1 Å². The van der Waals surface area contributed by atoms with E-state index < -0.39 is 0 Å². The standard InChI is InChI=1S/C24H18ClNO3/c25-13-6-9-19(18(10-13)22(27)12-4-2-1-3-5-12)26-23(28)20-14-7-8-15(17-11-16(14)17)21(20)24(26)29/h1-10,14-17,20-21H,11H2/t14-,15-,16-,17-,20-,21+/m1/s1. The third-order valence-corrected chi connectivity index (χ3v) is 7.38. The smallest absolute Gasteiger partial charge is 0.238 e. The van der Waals surface area contributed by atoms with Crippen molar-refractivity contribution in [2.45, 2.75) is 6.42 Å². The van der Waals surface area contributed by atoms with Crippen molar-refractivity contribution in [2.75, 3.05) is 4.90 Å². The number of halogens is 1. The predicted molar refractivity (Wildman–Crippen MR) is 109 cm³/mol. The Kier molecular flexibility index (Phi) is 3.49. The van der Waals surface area contributed by atoms with Gasteiger partial charge in [-0.15, -0.1) is 0 Å². The van der Waals surface area contributed by atoms with Gasteiger partial charge in [0.2, 0.25) is 11.8 Å². The maximum Gasteiger partial charge on any atom is 0.238 e. The predicted octanol–water partition coefficient (Wildman–Crippen LogP) is 4.13. The molecule has 4 nitrogen and oxygen atoms in total. The molecular formula is C24H18ClNO3. The molecule has 5 heteroatoms. The molecule has 0 radical (unpaired) electrons. The van der Waals surface area contributed by atoms with Gasteiger partial charge in [-0.1, -0.05) is 54.1 Å².